The van der Waals surface area contributed by atoms with Gasteiger partial charge in [-0.1, -0.05) is 0 Å². The van der Waals surface area contributed by atoms with Crippen molar-refractivity contribution in [2.24, 2.45) is 0 Å². The second-order valence-electron chi connectivity index (χ2n) is 6.11. The van der Waals surface area contributed by atoms with Gasteiger partial charge in [0.15, 0.2) is 5.82 Å². The Bertz CT molecular complexity index is 676. The smallest absolute Gasteiger partial charge is 0.281 e. The molecule has 128 valence electrons. The summed E-state index contributed by atoms with van der Waals surface area (Å²) in [5.74, 6) is -0.523. The van der Waals surface area contributed by atoms with E-state index in [1.54, 1.807) is 0 Å². The quantitative estimate of drug-likeness (QED) is 0.801. The first-order valence-electron chi connectivity index (χ1n) is 7.41. The maximum atomic E-state index is 13.6. The van der Waals surface area contributed by atoms with Crippen LogP contribution >= 0.6 is 0 Å². The van der Waals surface area contributed by atoms with E-state index in [4.69, 9.17) is 9.47 Å². The second-order valence-corrected chi connectivity index (χ2v) is 8.26. The summed E-state index contributed by atoms with van der Waals surface area (Å²) in [5, 5.41) is 0. The van der Waals surface area contributed by atoms with Crippen LogP contribution in [0.4, 0.5) is 4.39 Å². The third kappa shape index (κ3) is 3.18. The Morgan fingerprint density at radius 3 is 2.87 bits per heavy atom. The summed E-state index contributed by atoms with van der Waals surface area (Å²) < 4.78 is 51.7. The zero-order valence-electron chi connectivity index (χ0n) is 13.1. The van der Waals surface area contributed by atoms with Gasteiger partial charge in [0.05, 0.1) is 12.2 Å². The van der Waals surface area contributed by atoms with E-state index in [1.165, 1.54) is 41.0 Å². The van der Waals surface area contributed by atoms with Crippen LogP contribution in [0, 0.1) is 5.82 Å². The highest BCUT2D eigenvalue weighted by Gasteiger charge is 2.52. The van der Waals surface area contributed by atoms with E-state index >= 15 is 0 Å². The first kappa shape index (κ1) is 16.6. The van der Waals surface area contributed by atoms with Crippen molar-refractivity contribution in [1.29, 1.82) is 0 Å². The summed E-state index contributed by atoms with van der Waals surface area (Å²) in [5.41, 5.74) is -0.544. The number of ether oxygens (including phenoxy) is 2. The highest BCUT2D eigenvalue weighted by atomic mass is 32.2. The number of pyridine rings is 1. The Hall–Kier alpha value is -1.29. The van der Waals surface area contributed by atoms with Gasteiger partial charge in [0.25, 0.3) is 16.1 Å². The Morgan fingerprint density at radius 1 is 1.48 bits per heavy atom. The molecule has 3 rings (SSSR count). The highest BCUT2D eigenvalue weighted by molar-refractivity contribution is 7.86. The predicted molar refractivity (Wildman–Crippen MR) is 80.7 cm³/mol. The normalized spacial score (nSPS) is 24.6. The summed E-state index contributed by atoms with van der Waals surface area (Å²) in [7, 11) is -0.429. The minimum atomic E-state index is -3.43. The van der Waals surface area contributed by atoms with Crippen LogP contribution < -0.4 is 4.74 Å². The molecule has 23 heavy (non-hydrogen) atoms. The standard InChI is InChI=1S/C14H20FN3O4S/c1-17(2)23(19,20)18-9-14(10-18)8-11(5-7-21-14)22-13-12(15)4-3-6-16-13/h3-4,6,11H,5,7-10H2,1-2H3. The van der Waals surface area contributed by atoms with E-state index in [-0.39, 0.29) is 25.1 Å². The first-order valence-corrected chi connectivity index (χ1v) is 8.81. The molecule has 7 nitrogen and oxygen atoms in total. The fourth-order valence-electron chi connectivity index (χ4n) is 2.91. The Labute approximate surface area is 135 Å². The Morgan fingerprint density at radius 2 is 2.22 bits per heavy atom. The lowest BCUT2D eigenvalue weighted by molar-refractivity contribution is -0.166. The Balaban J connectivity index is 1.63. The monoisotopic (exact) mass is 345 g/mol. The van der Waals surface area contributed by atoms with E-state index in [1.807, 2.05) is 0 Å². The molecule has 2 aliphatic rings. The lowest BCUT2D eigenvalue weighted by atomic mass is 9.86. The number of halogens is 1. The van der Waals surface area contributed by atoms with Gasteiger partial charge in [-0.3, -0.25) is 0 Å². The molecule has 0 amide bonds. The van der Waals surface area contributed by atoms with Gasteiger partial charge in [-0.2, -0.15) is 17.0 Å². The zero-order valence-corrected chi connectivity index (χ0v) is 13.9. The topological polar surface area (TPSA) is 72.0 Å². The number of aromatic nitrogens is 1. The van der Waals surface area contributed by atoms with Crippen LogP contribution in [0.25, 0.3) is 0 Å². The molecule has 1 atom stereocenters. The average molecular weight is 345 g/mol. The van der Waals surface area contributed by atoms with Gasteiger partial charge in [-0.15, -0.1) is 0 Å². The van der Waals surface area contributed by atoms with Crippen molar-refractivity contribution in [2.45, 2.75) is 24.5 Å². The van der Waals surface area contributed by atoms with Crippen molar-refractivity contribution in [3.8, 4) is 5.88 Å². The molecule has 0 saturated carbocycles. The molecule has 0 aromatic carbocycles. The molecule has 0 radical (unpaired) electrons. The van der Waals surface area contributed by atoms with Crippen molar-refractivity contribution < 1.29 is 22.3 Å². The minimum absolute atomic E-state index is 0.0216. The van der Waals surface area contributed by atoms with Crippen LogP contribution in [0.1, 0.15) is 12.8 Å². The maximum Gasteiger partial charge on any atom is 0.281 e. The van der Waals surface area contributed by atoms with Crippen LogP contribution in [0.5, 0.6) is 5.88 Å². The lowest BCUT2D eigenvalue weighted by Gasteiger charge is -2.52. The molecule has 0 N–H and O–H groups in total. The lowest BCUT2D eigenvalue weighted by Crippen LogP contribution is -2.68. The minimum Gasteiger partial charge on any atom is -0.472 e. The molecule has 3 heterocycles. The van der Waals surface area contributed by atoms with Gasteiger partial charge in [0.1, 0.15) is 6.10 Å². The largest absolute Gasteiger partial charge is 0.472 e. The molecule has 0 aliphatic carbocycles. The van der Waals surface area contributed by atoms with Gasteiger partial charge in [0.2, 0.25) is 0 Å². The molecule has 2 aliphatic heterocycles. The second kappa shape index (κ2) is 5.97. The summed E-state index contributed by atoms with van der Waals surface area (Å²) >= 11 is 0. The van der Waals surface area contributed by atoms with Crippen LogP contribution in [0.3, 0.4) is 0 Å². The SMILES string of the molecule is CN(C)S(=O)(=O)N1CC2(CC(Oc3ncccc3F)CCO2)C1. The average Bonchev–Trinajstić information content (AvgIpc) is 2.47. The summed E-state index contributed by atoms with van der Waals surface area (Å²) in [6, 6.07) is 2.80. The van der Waals surface area contributed by atoms with Crippen molar-refractivity contribution in [3.05, 3.63) is 24.1 Å². The van der Waals surface area contributed by atoms with Crippen molar-refractivity contribution in [1.82, 2.24) is 13.6 Å². The molecule has 1 aromatic heterocycles. The third-order valence-corrected chi connectivity index (χ3v) is 6.00. The van der Waals surface area contributed by atoms with Gasteiger partial charge < -0.3 is 9.47 Å². The summed E-state index contributed by atoms with van der Waals surface area (Å²) in [4.78, 5) is 3.89. The molecule has 1 aromatic rings. The van der Waals surface area contributed by atoms with E-state index in [9.17, 15) is 12.8 Å². The van der Waals surface area contributed by atoms with Crippen LogP contribution in [0.15, 0.2) is 18.3 Å². The Kier molecular flexibility index (Phi) is 4.30. The molecule has 2 saturated heterocycles. The van der Waals surface area contributed by atoms with Crippen LogP contribution in [0.2, 0.25) is 0 Å². The maximum absolute atomic E-state index is 13.6. The van der Waals surface area contributed by atoms with Crippen molar-refractivity contribution >= 4 is 10.2 Å². The van der Waals surface area contributed by atoms with Crippen molar-refractivity contribution in [2.75, 3.05) is 33.8 Å². The summed E-state index contributed by atoms with van der Waals surface area (Å²) in [6.45, 7) is 1.03. The number of nitrogens with zero attached hydrogens (tertiary/aromatic N) is 3. The molecule has 0 bridgehead atoms. The van der Waals surface area contributed by atoms with E-state index < -0.39 is 21.6 Å². The summed E-state index contributed by atoms with van der Waals surface area (Å²) in [6.07, 6.45) is 2.38. The van der Waals surface area contributed by atoms with Gasteiger partial charge in [-0.25, -0.2) is 9.37 Å². The van der Waals surface area contributed by atoms with Gasteiger partial charge in [-0.05, 0) is 12.1 Å². The van der Waals surface area contributed by atoms with Gasteiger partial charge in [0, 0.05) is 46.2 Å². The first-order chi connectivity index (χ1) is 10.8. The fraction of sp³-hybridized carbons (Fsp3) is 0.643. The molecular formula is C14H20FN3O4S. The van der Waals surface area contributed by atoms with E-state index in [2.05, 4.69) is 4.98 Å². The van der Waals surface area contributed by atoms with Gasteiger partial charge >= 0.3 is 0 Å². The molecular weight excluding hydrogens is 325 g/mol. The predicted octanol–water partition coefficient (Wildman–Crippen LogP) is 0.639. The number of rotatable bonds is 4. The fourth-order valence-corrected chi connectivity index (χ4v) is 4.17. The number of hydrogen-bond acceptors (Lipinski definition) is 5. The van der Waals surface area contributed by atoms with Crippen molar-refractivity contribution in [3.63, 3.8) is 0 Å². The molecule has 1 unspecified atom stereocenters. The van der Waals surface area contributed by atoms with E-state index in [0.29, 0.717) is 19.4 Å². The third-order valence-electron chi connectivity index (χ3n) is 4.17. The molecule has 1 spiro atoms. The number of hydrogen-bond donors (Lipinski definition) is 0. The molecule has 9 heteroatoms. The highest BCUT2D eigenvalue weighted by Crippen LogP contribution is 2.37. The molecule has 2 fully saturated rings. The van der Waals surface area contributed by atoms with E-state index in [0.717, 1.165) is 0 Å². The van der Waals surface area contributed by atoms with Crippen LogP contribution in [-0.2, 0) is 14.9 Å². The van der Waals surface area contributed by atoms with Crippen LogP contribution in [-0.4, -0.2) is 67.5 Å². The zero-order chi connectivity index (χ0) is 16.7.